The van der Waals surface area contributed by atoms with Gasteiger partial charge in [-0.15, -0.1) is 0 Å². The van der Waals surface area contributed by atoms with Gasteiger partial charge in [-0.05, 0) is 55.5 Å². The molecule has 0 bridgehead atoms. The topological polar surface area (TPSA) is 103 Å². The number of aliphatic imine (C=N–C) groups is 1. The van der Waals surface area contributed by atoms with Crippen LogP contribution < -0.4 is 20.3 Å². The summed E-state index contributed by atoms with van der Waals surface area (Å²) in [5.74, 6) is 0.626. The van der Waals surface area contributed by atoms with Gasteiger partial charge in [-0.25, -0.2) is 4.99 Å². The zero-order valence-corrected chi connectivity index (χ0v) is 18.7. The van der Waals surface area contributed by atoms with E-state index in [1.807, 2.05) is 29.2 Å². The summed E-state index contributed by atoms with van der Waals surface area (Å²) in [6, 6.07) is 13.8. The molecular formula is C24H27N5O4. The molecule has 1 fully saturated rings. The van der Waals surface area contributed by atoms with Gasteiger partial charge < -0.3 is 19.9 Å². The molecule has 4 rings (SSSR count). The molecule has 0 aliphatic carbocycles. The van der Waals surface area contributed by atoms with Gasteiger partial charge in [-0.3, -0.25) is 19.7 Å². The standard InChI is InChI=1S/C24H27N5O4/c1-16(30)17-3-5-18(6-4-17)25-23(32)21-15-22(31)27-24(26-21)29-13-11-28(12-14-29)19-7-9-20(33-2)10-8-19/h3-10,21H,11-15H2,1-2H3,(H,25,32)(H,26,27,31). The fourth-order valence-corrected chi connectivity index (χ4v) is 3.87. The van der Waals surface area contributed by atoms with E-state index in [1.165, 1.54) is 6.92 Å². The SMILES string of the molecule is COc1ccc(N2CCN(C3=NC(C(=O)Nc4ccc(C(C)=O)cc4)CC(=O)N3)CC2)cc1. The molecule has 0 saturated carbocycles. The van der Waals surface area contributed by atoms with E-state index in [1.54, 1.807) is 31.4 Å². The zero-order valence-electron chi connectivity index (χ0n) is 18.7. The van der Waals surface area contributed by atoms with Crippen LogP contribution in [0.1, 0.15) is 23.7 Å². The quantitative estimate of drug-likeness (QED) is 0.676. The molecule has 2 heterocycles. The van der Waals surface area contributed by atoms with Crippen LogP contribution in [-0.4, -0.2) is 67.8 Å². The molecule has 2 aromatic carbocycles. The van der Waals surface area contributed by atoms with Crippen LogP contribution in [0, 0.1) is 0 Å². The summed E-state index contributed by atoms with van der Waals surface area (Å²) in [5, 5.41) is 5.59. The molecule has 2 aromatic rings. The van der Waals surface area contributed by atoms with Crippen molar-refractivity contribution >= 4 is 34.9 Å². The number of guanidine groups is 1. The Morgan fingerprint density at radius 2 is 1.64 bits per heavy atom. The van der Waals surface area contributed by atoms with Crippen molar-refractivity contribution in [2.24, 2.45) is 4.99 Å². The van der Waals surface area contributed by atoms with Gasteiger partial charge in [0.25, 0.3) is 0 Å². The third kappa shape index (κ3) is 5.31. The van der Waals surface area contributed by atoms with Gasteiger partial charge in [-0.1, -0.05) is 0 Å². The number of Topliss-reactive ketones (excluding diaryl/α,β-unsaturated/α-hetero) is 1. The number of hydrogen-bond acceptors (Lipinski definition) is 7. The average molecular weight is 450 g/mol. The highest BCUT2D eigenvalue weighted by atomic mass is 16.5. The molecule has 0 aromatic heterocycles. The number of carbonyl (C=O) groups excluding carboxylic acids is 3. The third-order valence-electron chi connectivity index (χ3n) is 5.79. The number of rotatable bonds is 5. The molecule has 0 radical (unpaired) electrons. The number of ketones is 1. The average Bonchev–Trinajstić information content (AvgIpc) is 2.84. The van der Waals surface area contributed by atoms with Crippen molar-refractivity contribution in [1.29, 1.82) is 0 Å². The van der Waals surface area contributed by atoms with Gasteiger partial charge >= 0.3 is 0 Å². The maximum absolute atomic E-state index is 12.7. The molecule has 9 heteroatoms. The number of anilines is 2. The predicted octanol–water partition coefficient (Wildman–Crippen LogP) is 1.90. The highest BCUT2D eigenvalue weighted by Gasteiger charge is 2.30. The number of carbonyl (C=O) groups is 3. The smallest absolute Gasteiger partial charge is 0.249 e. The Labute approximate surface area is 192 Å². The van der Waals surface area contributed by atoms with Crippen LogP contribution >= 0.6 is 0 Å². The fraction of sp³-hybridized carbons (Fsp3) is 0.333. The summed E-state index contributed by atoms with van der Waals surface area (Å²) in [6.45, 7) is 4.36. The summed E-state index contributed by atoms with van der Waals surface area (Å²) < 4.78 is 5.22. The maximum atomic E-state index is 12.7. The number of piperazine rings is 1. The summed E-state index contributed by atoms with van der Waals surface area (Å²) in [6.07, 6.45) is -0.00727. The molecule has 172 valence electrons. The van der Waals surface area contributed by atoms with E-state index >= 15 is 0 Å². The Morgan fingerprint density at radius 1 is 1.00 bits per heavy atom. The van der Waals surface area contributed by atoms with E-state index in [4.69, 9.17) is 4.74 Å². The Balaban J connectivity index is 1.38. The van der Waals surface area contributed by atoms with Crippen molar-refractivity contribution < 1.29 is 19.1 Å². The van der Waals surface area contributed by atoms with Crippen molar-refractivity contribution in [3.8, 4) is 5.75 Å². The molecular weight excluding hydrogens is 422 g/mol. The zero-order chi connectivity index (χ0) is 23.4. The van der Waals surface area contributed by atoms with Gasteiger partial charge in [0.05, 0.1) is 13.5 Å². The molecule has 2 aliphatic rings. The Morgan fingerprint density at radius 3 is 2.24 bits per heavy atom. The number of amides is 2. The lowest BCUT2D eigenvalue weighted by atomic mass is 10.1. The number of nitrogens with one attached hydrogen (secondary N) is 2. The van der Waals surface area contributed by atoms with E-state index in [-0.39, 0.29) is 24.0 Å². The van der Waals surface area contributed by atoms with Gasteiger partial charge in [0.1, 0.15) is 11.8 Å². The van der Waals surface area contributed by atoms with E-state index < -0.39 is 6.04 Å². The first kappa shape index (κ1) is 22.3. The lowest BCUT2D eigenvalue weighted by molar-refractivity contribution is -0.125. The van der Waals surface area contributed by atoms with Crippen LogP contribution in [-0.2, 0) is 9.59 Å². The molecule has 9 nitrogen and oxygen atoms in total. The number of nitrogens with zero attached hydrogens (tertiary/aromatic N) is 3. The van der Waals surface area contributed by atoms with Crippen LogP contribution in [0.2, 0.25) is 0 Å². The van der Waals surface area contributed by atoms with E-state index in [2.05, 4.69) is 20.5 Å². The van der Waals surface area contributed by atoms with E-state index in [0.29, 0.717) is 30.3 Å². The molecule has 2 amide bonds. The van der Waals surface area contributed by atoms with Crippen molar-refractivity contribution in [2.45, 2.75) is 19.4 Å². The molecule has 2 aliphatic heterocycles. The first-order valence-electron chi connectivity index (χ1n) is 10.9. The lowest BCUT2D eigenvalue weighted by Crippen LogP contribution is -2.56. The summed E-state index contributed by atoms with van der Waals surface area (Å²) in [5.41, 5.74) is 2.23. The second kappa shape index (κ2) is 9.72. The highest BCUT2D eigenvalue weighted by molar-refractivity contribution is 6.06. The normalized spacial score (nSPS) is 18.3. The largest absolute Gasteiger partial charge is 0.497 e. The summed E-state index contributed by atoms with van der Waals surface area (Å²) in [4.78, 5) is 45.2. The minimum absolute atomic E-state index is 0.00727. The Bertz CT molecular complexity index is 1060. The lowest BCUT2D eigenvalue weighted by Gasteiger charge is -2.38. The number of benzene rings is 2. The Hall–Kier alpha value is -3.88. The maximum Gasteiger partial charge on any atom is 0.249 e. The fourth-order valence-electron chi connectivity index (χ4n) is 3.87. The number of hydrogen-bond donors (Lipinski definition) is 2. The molecule has 1 unspecified atom stereocenters. The third-order valence-corrected chi connectivity index (χ3v) is 5.79. The van der Waals surface area contributed by atoms with Crippen LogP contribution in [0.15, 0.2) is 53.5 Å². The first-order valence-corrected chi connectivity index (χ1v) is 10.9. The van der Waals surface area contributed by atoms with Crippen molar-refractivity contribution in [2.75, 3.05) is 43.5 Å². The van der Waals surface area contributed by atoms with E-state index in [9.17, 15) is 14.4 Å². The molecule has 0 spiro atoms. The van der Waals surface area contributed by atoms with Crippen LogP contribution in [0.5, 0.6) is 5.75 Å². The van der Waals surface area contributed by atoms with Crippen molar-refractivity contribution in [3.05, 3.63) is 54.1 Å². The minimum atomic E-state index is -0.805. The van der Waals surface area contributed by atoms with Gasteiger partial charge in [0, 0.05) is 43.1 Å². The van der Waals surface area contributed by atoms with Crippen molar-refractivity contribution in [1.82, 2.24) is 10.2 Å². The second-order valence-electron chi connectivity index (χ2n) is 8.02. The van der Waals surface area contributed by atoms with Gasteiger partial charge in [0.2, 0.25) is 17.8 Å². The number of ether oxygens (including phenoxy) is 1. The minimum Gasteiger partial charge on any atom is -0.497 e. The number of methoxy groups -OCH3 is 1. The monoisotopic (exact) mass is 449 g/mol. The van der Waals surface area contributed by atoms with E-state index in [0.717, 1.165) is 24.5 Å². The van der Waals surface area contributed by atoms with Gasteiger partial charge in [-0.2, -0.15) is 0 Å². The molecule has 1 saturated heterocycles. The van der Waals surface area contributed by atoms with Crippen LogP contribution in [0.4, 0.5) is 11.4 Å². The summed E-state index contributed by atoms with van der Waals surface area (Å²) in [7, 11) is 1.64. The molecule has 33 heavy (non-hydrogen) atoms. The molecule has 2 N–H and O–H groups in total. The van der Waals surface area contributed by atoms with Crippen molar-refractivity contribution in [3.63, 3.8) is 0 Å². The van der Waals surface area contributed by atoms with Crippen LogP contribution in [0.3, 0.4) is 0 Å². The first-order chi connectivity index (χ1) is 15.9. The van der Waals surface area contributed by atoms with Gasteiger partial charge in [0.15, 0.2) is 5.78 Å². The predicted molar refractivity (Wildman–Crippen MR) is 126 cm³/mol. The van der Waals surface area contributed by atoms with Crippen LogP contribution in [0.25, 0.3) is 0 Å². The highest BCUT2D eigenvalue weighted by Crippen LogP contribution is 2.21. The molecule has 1 atom stereocenters. The Kier molecular flexibility index (Phi) is 6.58. The second-order valence-corrected chi connectivity index (χ2v) is 8.02. The summed E-state index contributed by atoms with van der Waals surface area (Å²) >= 11 is 0.